The summed E-state index contributed by atoms with van der Waals surface area (Å²) in [6, 6.07) is 24.5. The Balaban J connectivity index is 1.67. The van der Waals surface area contributed by atoms with Gasteiger partial charge in [-0.3, -0.25) is 4.79 Å². The number of esters is 1. The van der Waals surface area contributed by atoms with Crippen LogP contribution in [0.25, 0.3) is 0 Å². The summed E-state index contributed by atoms with van der Waals surface area (Å²) in [4.78, 5) is 27.8. The van der Waals surface area contributed by atoms with Gasteiger partial charge in [0.1, 0.15) is 47.6 Å². The topological polar surface area (TPSA) is 132 Å². The molecule has 0 spiro atoms. The van der Waals surface area contributed by atoms with Crippen LogP contribution in [-0.4, -0.2) is 99.6 Å². The summed E-state index contributed by atoms with van der Waals surface area (Å²) in [6.45, 7) is 9.19. The average Bonchev–Trinajstić information content (AvgIpc) is 3.23. The lowest BCUT2D eigenvalue weighted by Crippen LogP contribution is -2.59. The Hall–Kier alpha value is -3.79. The van der Waals surface area contributed by atoms with Gasteiger partial charge in [0.2, 0.25) is 0 Å². The number of hydrogen-bond donors (Lipinski definition) is 0. The standard InChI is InChI=1S/C42H57N3O9P/c1-28(2)44(29(3)4)55(47,51-25-11-24-43)54-37-26-38-40(52-30(5)46)41(39(27-37)45(38,6)7)53-42(31-12-18-34(48-8)19-13-31,32-14-20-35(49-9)21-15-32)33-16-22-36(50-10)23-17-33/h12-23,28-29,37-41H,11,25-27H2,1-10H3/q+1/t37?,38-,39+,40-,41+,55?/m0/s1. The van der Waals surface area contributed by atoms with E-state index in [1.54, 1.807) is 26.0 Å². The molecule has 0 saturated carbocycles. The van der Waals surface area contributed by atoms with Crippen LogP contribution in [0.1, 0.15) is 70.6 Å². The van der Waals surface area contributed by atoms with Gasteiger partial charge in [0.25, 0.3) is 0 Å². The molecule has 2 aliphatic heterocycles. The van der Waals surface area contributed by atoms with Crippen LogP contribution < -0.4 is 19.1 Å². The summed E-state index contributed by atoms with van der Waals surface area (Å²) in [5.74, 6) is 1.64. The molecule has 55 heavy (non-hydrogen) atoms. The molecule has 0 N–H and O–H groups in total. The first-order chi connectivity index (χ1) is 26.1. The van der Waals surface area contributed by atoms with Crippen molar-refractivity contribution >= 4 is 14.1 Å². The van der Waals surface area contributed by atoms with Gasteiger partial charge in [-0.2, -0.15) is 14.3 Å². The van der Waals surface area contributed by atoms with E-state index < -0.39 is 38.0 Å². The van der Waals surface area contributed by atoms with Gasteiger partial charge in [-0.25, -0.2) is 0 Å². The quantitative estimate of drug-likeness (QED) is 0.0495. The Morgan fingerprint density at radius 3 is 1.60 bits per heavy atom. The molecule has 0 radical (unpaired) electrons. The van der Waals surface area contributed by atoms with E-state index in [1.165, 1.54) is 6.92 Å². The zero-order chi connectivity index (χ0) is 40.1. The summed E-state index contributed by atoms with van der Waals surface area (Å²) in [7, 11) is 5.24. The van der Waals surface area contributed by atoms with Crippen LogP contribution in [0.2, 0.25) is 0 Å². The minimum absolute atomic E-state index is 0.0270. The Kier molecular flexibility index (Phi) is 13.5. The molecule has 0 aromatic heterocycles. The number of carbonyl (C=O) groups is 1. The third kappa shape index (κ3) is 8.64. The highest BCUT2D eigenvalue weighted by Gasteiger charge is 2.66. The Labute approximate surface area is 327 Å². The lowest BCUT2D eigenvalue weighted by Gasteiger charge is -2.47. The van der Waals surface area contributed by atoms with Crippen molar-refractivity contribution in [1.82, 2.24) is 4.67 Å². The zero-order valence-corrected chi connectivity index (χ0v) is 34.7. The number of quaternary nitrogens is 1. The first-order valence-corrected chi connectivity index (χ1v) is 20.3. The number of benzene rings is 3. The normalized spacial score (nSPS) is 23.0. The average molecular weight is 779 g/mol. The molecule has 3 aromatic rings. The SMILES string of the molecule is COc1ccc(C(O[C@H]2[C@@H](OC(C)=O)[C@@H]3CC(O[P+]([O-])(OCCC#N)N(C(C)C)C(C)C)C[C@H]2[N+]3(C)C)(c2ccc(OC)cc2)c2ccc(OC)cc2)cc1. The van der Waals surface area contributed by atoms with E-state index in [0.29, 0.717) is 34.6 Å². The molecule has 6 atom stereocenters. The molecule has 2 fully saturated rings. The van der Waals surface area contributed by atoms with Gasteiger partial charge in [0.15, 0.2) is 12.2 Å². The molecule has 2 heterocycles. The second-order valence-electron chi connectivity index (χ2n) is 15.3. The Bertz CT molecular complexity index is 1640. The minimum atomic E-state index is -3.89. The van der Waals surface area contributed by atoms with Crippen LogP contribution in [0.5, 0.6) is 17.2 Å². The van der Waals surface area contributed by atoms with Gasteiger partial charge in [-0.15, -0.1) is 4.67 Å². The molecule has 2 aliphatic rings. The number of nitriles is 1. The summed E-state index contributed by atoms with van der Waals surface area (Å²) < 4.78 is 45.6. The number of fused-ring (bicyclic) bond motifs is 2. The number of hydrogen-bond acceptors (Lipinski definition) is 11. The highest BCUT2D eigenvalue weighted by Crippen LogP contribution is 2.61. The third-order valence-corrected chi connectivity index (χ3v) is 13.6. The lowest BCUT2D eigenvalue weighted by atomic mass is 9.79. The molecule has 12 nitrogen and oxygen atoms in total. The molecular weight excluding hydrogens is 721 g/mol. The number of carbonyl (C=O) groups excluding carboxylic acids is 1. The second-order valence-corrected chi connectivity index (χ2v) is 17.1. The molecule has 0 amide bonds. The predicted molar refractivity (Wildman–Crippen MR) is 208 cm³/mol. The van der Waals surface area contributed by atoms with Gasteiger partial charge < -0.3 is 33.1 Å². The molecule has 13 heteroatoms. The number of ether oxygens (including phenoxy) is 5. The van der Waals surface area contributed by atoms with Crippen molar-refractivity contribution in [2.45, 2.75) is 102 Å². The number of nitrogens with zero attached hydrogens (tertiary/aromatic N) is 3. The maximum Gasteiger partial charge on any atom is 0.315 e. The summed E-state index contributed by atoms with van der Waals surface area (Å²) in [5.41, 5.74) is 1.24. The second kappa shape index (κ2) is 17.6. The first kappa shape index (κ1) is 42.4. The predicted octanol–water partition coefficient (Wildman–Crippen LogP) is 6.41. The summed E-state index contributed by atoms with van der Waals surface area (Å²) in [5, 5.41) is 9.28. The molecule has 3 aromatic carbocycles. The third-order valence-electron chi connectivity index (χ3n) is 11.0. The van der Waals surface area contributed by atoms with Crippen LogP contribution in [0.15, 0.2) is 72.8 Å². The smallest absolute Gasteiger partial charge is 0.315 e. The molecular formula is C42H57N3O9P+. The van der Waals surface area contributed by atoms with Crippen molar-refractivity contribution in [3.63, 3.8) is 0 Å². The molecule has 0 aliphatic carbocycles. The fourth-order valence-electron chi connectivity index (χ4n) is 8.55. The number of methoxy groups -OCH3 is 3. The number of rotatable bonds is 17. The van der Waals surface area contributed by atoms with E-state index in [1.807, 2.05) is 100 Å². The van der Waals surface area contributed by atoms with Gasteiger partial charge in [-0.1, -0.05) is 36.4 Å². The minimum Gasteiger partial charge on any atom is -0.616 e. The van der Waals surface area contributed by atoms with Gasteiger partial charge in [0.05, 0.1) is 47.9 Å². The van der Waals surface area contributed by atoms with Gasteiger partial charge in [-0.05, 0) is 80.8 Å². The highest BCUT2D eigenvalue weighted by molar-refractivity contribution is 7.56. The maximum absolute atomic E-state index is 14.8. The van der Waals surface area contributed by atoms with E-state index in [4.69, 9.17) is 32.7 Å². The van der Waals surface area contributed by atoms with E-state index in [-0.39, 0.29) is 37.2 Å². The van der Waals surface area contributed by atoms with E-state index in [2.05, 4.69) is 20.2 Å². The lowest BCUT2D eigenvalue weighted by molar-refractivity contribution is -0.934. The molecule has 5 rings (SSSR count). The van der Waals surface area contributed by atoms with Crippen molar-refractivity contribution in [3.8, 4) is 23.3 Å². The summed E-state index contributed by atoms with van der Waals surface area (Å²) >= 11 is 0. The zero-order valence-electron chi connectivity index (χ0n) is 33.8. The van der Waals surface area contributed by atoms with Crippen LogP contribution in [0, 0.1) is 11.3 Å². The fraction of sp³-hybridized carbons (Fsp3) is 0.524. The van der Waals surface area contributed by atoms with Crippen molar-refractivity contribution in [3.05, 3.63) is 89.5 Å². The Morgan fingerprint density at radius 1 is 0.818 bits per heavy atom. The monoisotopic (exact) mass is 778 g/mol. The summed E-state index contributed by atoms with van der Waals surface area (Å²) in [6.07, 6.45) is -0.938. The van der Waals surface area contributed by atoms with E-state index >= 15 is 0 Å². The maximum atomic E-state index is 14.8. The molecule has 2 unspecified atom stereocenters. The van der Waals surface area contributed by atoms with Crippen LogP contribution in [0.4, 0.5) is 0 Å². The van der Waals surface area contributed by atoms with E-state index in [0.717, 1.165) is 16.7 Å². The van der Waals surface area contributed by atoms with Crippen molar-refractivity contribution in [2.75, 3.05) is 42.0 Å². The Morgan fingerprint density at radius 2 is 1.24 bits per heavy atom. The van der Waals surface area contributed by atoms with Crippen LogP contribution >= 0.6 is 8.09 Å². The molecule has 2 bridgehead atoms. The van der Waals surface area contributed by atoms with Crippen LogP contribution in [-0.2, 0) is 28.9 Å². The number of piperidine rings is 1. The number of likely N-dealkylation sites (N-methyl/N-ethyl adjacent to an activating group) is 1. The first-order valence-electron chi connectivity index (χ1n) is 18.9. The molecule has 2 saturated heterocycles. The fourth-order valence-corrected chi connectivity index (χ4v) is 10.9. The largest absolute Gasteiger partial charge is 0.616 e. The van der Waals surface area contributed by atoms with Gasteiger partial charge in [0, 0.05) is 31.8 Å². The van der Waals surface area contributed by atoms with Crippen molar-refractivity contribution < 1.29 is 46.9 Å². The highest BCUT2D eigenvalue weighted by atomic mass is 31.2. The van der Waals surface area contributed by atoms with Crippen molar-refractivity contribution in [1.29, 1.82) is 5.26 Å². The van der Waals surface area contributed by atoms with Crippen LogP contribution in [0.3, 0.4) is 0 Å². The van der Waals surface area contributed by atoms with E-state index in [9.17, 15) is 14.9 Å². The molecule has 298 valence electrons. The van der Waals surface area contributed by atoms with Crippen molar-refractivity contribution in [2.24, 2.45) is 0 Å². The van der Waals surface area contributed by atoms with Gasteiger partial charge >= 0.3 is 14.1 Å².